The number of urea groups is 1. The standard InChI is InChI=1S/C18H18N4O4/c1-10-7-20-16-14(17(23)22(3)18(24)21(16)2)15(10)19-8-11-4-5-12-13(6-11)26-9-25-12/h4-7,14H,8-9H2,1-3H3/p+1. The Morgan fingerprint density at radius 2 is 1.96 bits per heavy atom. The molecule has 0 saturated carbocycles. The minimum atomic E-state index is -0.610. The van der Waals surface area contributed by atoms with Gasteiger partial charge in [0.15, 0.2) is 17.4 Å². The lowest BCUT2D eigenvalue weighted by molar-refractivity contribution is -0.383. The molecule has 8 nitrogen and oxygen atoms in total. The van der Waals surface area contributed by atoms with E-state index in [1.807, 2.05) is 25.1 Å². The summed E-state index contributed by atoms with van der Waals surface area (Å²) >= 11 is 0. The fourth-order valence-corrected chi connectivity index (χ4v) is 3.27. The SMILES string of the molecule is CC1=C[NH+]=C2C(C(=O)N(C)C(=O)N2C)C1=NCc1ccc2c(c1)OCO2. The van der Waals surface area contributed by atoms with Crippen molar-refractivity contribution in [2.45, 2.75) is 13.5 Å². The first-order valence-corrected chi connectivity index (χ1v) is 8.26. The predicted octanol–water partition coefficient (Wildman–Crippen LogP) is -0.107. The minimum absolute atomic E-state index is 0.225. The van der Waals surface area contributed by atoms with E-state index >= 15 is 0 Å². The van der Waals surface area contributed by atoms with Gasteiger partial charge in [0.25, 0.3) is 11.7 Å². The first kappa shape index (κ1) is 16.3. The zero-order valence-corrected chi connectivity index (χ0v) is 14.8. The van der Waals surface area contributed by atoms with Crippen LogP contribution >= 0.6 is 0 Å². The van der Waals surface area contributed by atoms with Gasteiger partial charge in [-0.25, -0.2) is 14.7 Å². The van der Waals surface area contributed by atoms with E-state index in [0.29, 0.717) is 23.8 Å². The lowest BCUT2D eigenvalue weighted by Gasteiger charge is -2.32. The highest BCUT2D eigenvalue weighted by Crippen LogP contribution is 2.32. The molecule has 1 aromatic rings. The van der Waals surface area contributed by atoms with Gasteiger partial charge in [0, 0.05) is 12.6 Å². The van der Waals surface area contributed by atoms with E-state index < -0.39 is 5.92 Å². The minimum Gasteiger partial charge on any atom is -0.454 e. The first-order chi connectivity index (χ1) is 12.5. The number of ether oxygens (including phenoxy) is 2. The molecule has 1 N–H and O–H groups in total. The molecular weight excluding hydrogens is 336 g/mol. The maximum Gasteiger partial charge on any atom is 0.417 e. The third kappa shape index (κ3) is 2.45. The summed E-state index contributed by atoms with van der Waals surface area (Å²) in [6.07, 6.45) is 1.77. The zero-order valence-electron chi connectivity index (χ0n) is 14.8. The van der Waals surface area contributed by atoms with Gasteiger partial charge in [0.05, 0.1) is 25.5 Å². The van der Waals surface area contributed by atoms with E-state index in [4.69, 9.17) is 14.5 Å². The van der Waals surface area contributed by atoms with E-state index in [1.54, 1.807) is 13.2 Å². The summed E-state index contributed by atoms with van der Waals surface area (Å²) in [5.41, 5.74) is 2.48. The lowest BCUT2D eigenvalue weighted by Crippen LogP contribution is -2.80. The summed E-state index contributed by atoms with van der Waals surface area (Å²) in [7, 11) is 3.13. The Balaban J connectivity index is 1.66. The van der Waals surface area contributed by atoms with Gasteiger partial charge in [-0.2, -0.15) is 4.90 Å². The van der Waals surface area contributed by atoms with E-state index in [2.05, 4.69) is 4.99 Å². The van der Waals surface area contributed by atoms with E-state index in [1.165, 1.54) is 11.9 Å². The lowest BCUT2D eigenvalue weighted by atomic mass is 9.91. The summed E-state index contributed by atoms with van der Waals surface area (Å²) in [6, 6.07) is 5.30. The summed E-state index contributed by atoms with van der Waals surface area (Å²) in [5, 5.41) is 0. The van der Waals surface area contributed by atoms with Crippen LogP contribution in [0.1, 0.15) is 12.5 Å². The van der Waals surface area contributed by atoms with Crippen molar-refractivity contribution in [2.24, 2.45) is 10.9 Å². The van der Waals surface area contributed by atoms with Crippen molar-refractivity contribution in [3.8, 4) is 11.5 Å². The Labute approximate surface area is 150 Å². The molecule has 3 aliphatic heterocycles. The second-order valence-corrected chi connectivity index (χ2v) is 6.42. The number of aliphatic imine (C=N–C) groups is 1. The Kier molecular flexibility index (Phi) is 3.75. The van der Waals surface area contributed by atoms with Gasteiger partial charge in [-0.05, 0) is 24.6 Å². The number of nitrogens with one attached hydrogen (secondary N) is 1. The van der Waals surface area contributed by atoms with E-state index in [0.717, 1.165) is 21.8 Å². The largest absolute Gasteiger partial charge is 0.454 e. The Hall–Kier alpha value is -3.16. The molecule has 3 heterocycles. The average molecular weight is 355 g/mol. The maximum atomic E-state index is 12.7. The summed E-state index contributed by atoms with van der Waals surface area (Å²) in [4.78, 5) is 35.2. The van der Waals surface area contributed by atoms with Crippen LogP contribution in [0.3, 0.4) is 0 Å². The first-order valence-electron chi connectivity index (χ1n) is 8.26. The van der Waals surface area contributed by atoms with Crippen molar-refractivity contribution in [2.75, 3.05) is 20.9 Å². The molecule has 0 bridgehead atoms. The third-order valence-electron chi connectivity index (χ3n) is 4.77. The Morgan fingerprint density at radius 3 is 2.77 bits per heavy atom. The van der Waals surface area contributed by atoms with Crippen LogP contribution < -0.4 is 14.5 Å². The van der Waals surface area contributed by atoms with E-state index in [9.17, 15) is 9.59 Å². The number of imide groups is 1. The van der Waals surface area contributed by atoms with Crippen molar-refractivity contribution in [3.63, 3.8) is 0 Å². The normalized spacial score (nSPS) is 23.2. The number of allylic oxidation sites excluding steroid dienone is 1. The van der Waals surface area contributed by atoms with Crippen molar-refractivity contribution in [1.29, 1.82) is 0 Å². The molecule has 4 rings (SSSR count). The molecular formula is C18H19N4O4+. The number of amides is 3. The van der Waals surface area contributed by atoms with Gasteiger partial charge >= 0.3 is 6.03 Å². The topological polar surface area (TPSA) is 85.4 Å². The summed E-state index contributed by atoms with van der Waals surface area (Å²) in [6.45, 7) is 2.52. The van der Waals surface area contributed by atoms with Gasteiger partial charge < -0.3 is 9.47 Å². The summed E-state index contributed by atoms with van der Waals surface area (Å²) < 4.78 is 10.7. The fraction of sp³-hybridized carbons (Fsp3) is 0.333. The zero-order chi connectivity index (χ0) is 18.4. The van der Waals surface area contributed by atoms with Crippen LogP contribution in [0, 0.1) is 5.92 Å². The molecule has 3 aliphatic rings. The van der Waals surface area contributed by atoms with Gasteiger partial charge in [-0.3, -0.25) is 9.79 Å². The third-order valence-corrected chi connectivity index (χ3v) is 4.77. The molecule has 0 spiro atoms. The van der Waals surface area contributed by atoms with Crippen LogP contribution in [0.2, 0.25) is 0 Å². The Morgan fingerprint density at radius 1 is 1.19 bits per heavy atom. The van der Waals surface area contributed by atoms with Crippen molar-refractivity contribution < 1.29 is 24.1 Å². The monoisotopic (exact) mass is 355 g/mol. The number of nitrogens with zero attached hydrogens (tertiary/aromatic N) is 3. The highest BCUT2D eigenvalue weighted by atomic mass is 16.7. The molecule has 1 fully saturated rings. The fourth-order valence-electron chi connectivity index (χ4n) is 3.27. The maximum absolute atomic E-state index is 12.7. The van der Waals surface area contributed by atoms with Crippen molar-refractivity contribution in [1.82, 2.24) is 9.80 Å². The molecule has 3 amide bonds. The quantitative estimate of drug-likeness (QED) is 0.802. The van der Waals surface area contributed by atoms with Crippen LogP contribution in [-0.2, 0) is 11.3 Å². The molecule has 1 saturated heterocycles. The number of amidine groups is 1. The highest BCUT2D eigenvalue weighted by Gasteiger charge is 2.50. The molecule has 26 heavy (non-hydrogen) atoms. The average Bonchev–Trinajstić information content (AvgIpc) is 3.11. The molecule has 1 aromatic carbocycles. The second-order valence-electron chi connectivity index (χ2n) is 6.42. The van der Waals surface area contributed by atoms with Crippen molar-refractivity contribution in [3.05, 3.63) is 35.5 Å². The molecule has 0 aromatic heterocycles. The van der Waals surface area contributed by atoms with Crippen LogP contribution in [0.25, 0.3) is 0 Å². The second kappa shape index (κ2) is 5.98. The smallest absolute Gasteiger partial charge is 0.417 e. The van der Waals surface area contributed by atoms with Crippen LogP contribution in [-0.4, -0.2) is 54.2 Å². The molecule has 0 radical (unpaired) electrons. The Bertz CT molecular complexity index is 902. The number of rotatable bonds is 2. The van der Waals surface area contributed by atoms with Gasteiger partial charge in [-0.1, -0.05) is 6.07 Å². The van der Waals surface area contributed by atoms with Crippen LogP contribution in [0.15, 0.2) is 35.0 Å². The molecule has 1 unspecified atom stereocenters. The summed E-state index contributed by atoms with van der Waals surface area (Å²) in [5.74, 6) is 1.06. The number of hydrogen-bond donors (Lipinski definition) is 1. The number of carbonyl (C=O) groups excluding carboxylic acids is 2. The van der Waals surface area contributed by atoms with Crippen LogP contribution in [0.5, 0.6) is 11.5 Å². The molecule has 1 atom stereocenters. The number of fused-ring (bicyclic) bond motifs is 2. The number of carbonyl (C=O) groups is 2. The highest BCUT2D eigenvalue weighted by molar-refractivity contribution is 6.31. The molecule has 8 heteroatoms. The van der Waals surface area contributed by atoms with Gasteiger partial charge in [0.1, 0.15) is 0 Å². The van der Waals surface area contributed by atoms with Gasteiger partial charge in [0.2, 0.25) is 6.79 Å². The molecule has 134 valence electrons. The molecule has 0 aliphatic carbocycles. The number of hydrogen-bond acceptors (Lipinski definition) is 5. The number of benzene rings is 1. The van der Waals surface area contributed by atoms with Crippen LogP contribution in [0.4, 0.5) is 4.79 Å². The van der Waals surface area contributed by atoms with Gasteiger partial charge in [-0.15, -0.1) is 0 Å². The predicted molar refractivity (Wildman–Crippen MR) is 92.8 cm³/mol. The van der Waals surface area contributed by atoms with E-state index in [-0.39, 0.29) is 18.7 Å². The van der Waals surface area contributed by atoms with Crippen molar-refractivity contribution >= 4 is 23.5 Å².